The summed E-state index contributed by atoms with van der Waals surface area (Å²) in [5, 5.41) is 10.2. The Kier molecular flexibility index (Phi) is 3.55. The van der Waals surface area contributed by atoms with Crippen LogP contribution in [0.2, 0.25) is 0 Å². The minimum absolute atomic E-state index is 0.00971. The number of fused-ring (bicyclic) bond motifs is 6. The molecule has 1 saturated heterocycles. The molecule has 0 radical (unpaired) electrons. The molecule has 0 aromatic heterocycles. The van der Waals surface area contributed by atoms with E-state index in [0.29, 0.717) is 36.4 Å². The lowest BCUT2D eigenvalue weighted by Crippen LogP contribution is -2.59. The van der Waals surface area contributed by atoms with E-state index in [0.717, 1.165) is 37.9 Å². The summed E-state index contributed by atoms with van der Waals surface area (Å²) in [5.74, 6) is 3.29. The van der Waals surface area contributed by atoms with Gasteiger partial charge in [-0.1, -0.05) is 20.4 Å². The van der Waals surface area contributed by atoms with Crippen molar-refractivity contribution in [3.63, 3.8) is 0 Å². The summed E-state index contributed by atoms with van der Waals surface area (Å²) in [6.45, 7) is 8.99. The number of nitrogens with zero attached hydrogens (tertiary/aromatic N) is 1. The summed E-state index contributed by atoms with van der Waals surface area (Å²) in [7, 11) is 0. The van der Waals surface area contributed by atoms with Crippen molar-refractivity contribution >= 4 is 5.78 Å². The minimum atomic E-state index is -0.411. The van der Waals surface area contributed by atoms with Crippen LogP contribution in [0.15, 0.2) is 12.3 Å². The number of rotatable bonds is 0. The number of carbonyl (C=O) groups is 1. The second-order valence-electron chi connectivity index (χ2n) is 10.9. The molecule has 5 fully saturated rings. The standard InChI is InChI=1S/C24H33NO2/c1-16-4-12-24(27-16)13-8-20-18-6-11-23(15-25)14-17(26)5-9-21(23,2)19(18)7-10-22(20,24)3/h18-20H,1,4-14H2,2-3H3/t18?,19?,20?,21-,22+,23-,24+/m1/s1. The molecule has 5 aliphatic rings. The van der Waals surface area contributed by atoms with Crippen LogP contribution in [-0.4, -0.2) is 11.4 Å². The fourth-order valence-electron chi connectivity index (χ4n) is 8.69. The maximum atomic E-state index is 12.2. The fraction of sp³-hybridized carbons (Fsp3) is 0.833. The molecule has 1 spiro atoms. The molecule has 7 atom stereocenters. The highest BCUT2D eigenvalue weighted by Gasteiger charge is 2.69. The van der Waals surface area contributed by atoms with Crippen molar-refractivity contribution in [2.75, 3.05) is 0 Å². The number of ketones is 1. The van der Waals surface area contributed by atoms with Crippen LogP contribution in [0.1, 0.15) is 84.5 Å². The van der Waals surface area contributed by atoms with E-state index in [1.54, 1.807) is 0 Å². The predicted octanol–water partition coefficient (Wildman–Crippen LogP) is 5.55. The molecule has 1 aliphatic heterocycles. The third-order valence-electron chi connectivity index (χ3n) is 10.3. The van der Waals surface area contributed by atoms with Gasteiger partial charge in [-0.25, -0.2) is 0 Å². The van der Waals surface area contributed by atoms with Crippen LogP contribution >= 0.6 is 0 Å². The smallest absolute Gasteiger partial charge is 0.134 e. The van der Waals surface area contributed by atoms with E-state index >= 15 is 0 Å². The molecule has 3 heteroatoms. The third kappa shape index (κ3) is 2.00. The largest absolute Gasteiger partial charge is 0.492 e. The number of Topliss-reactive ketones (excluding diaryl/α,β-unsaturated/α-hetero) is 1. The maximum absolute atomic E-state index is 12.2. The van der Waals surface area contributed by atoms with Gasteiger partial charge in [0.2, 0.25) is 0 Å². The Morgan fingerprint density at radius 3 is 2.44 bits per heavy atom. The van der Waals surface area contributed by atoms with Crippen LogP contribution in [0.25, 0.3) is 0 Å². The van der Waals surface area contributed by atoms with Crippen LogP contribution in [-0.2, 0) is 9.53 Å². The maximum Gasteiger partial charge on any atom is 0.134 e. The molecular formula is C24H33NO2. The van der Waals surface area contributed by atoms with E-state index in [4.69, 9.17) is 4.74 Å². The number of hydrogen-bond acceptors (Lipinski definition) is 3. The summed E-state index contributed by atoms with van der Waals surface area (Å²) < 4.78 is 6.46. The molecular weight excluding hydrogens is 334 g/mol. The van der Waals surface area contributed by atoms with E-state index in [2.05, 4.69) is 26.5 Å². The molecule has 27 heavy (non-hydrogen) atoms. The van der Waals surface area contributed by atoms with Gasteiger partial charge in [0.1, 0.15) is 11.4 Å². The first-order valence-electron chi connectivity index (χ1n) is 11.1. The number of nitriles is 1. The van der Waals surface area contributed by atoms with E-state index < -0.39 is 5.41 Å². The van der Waals surface area contributed by atoms with E-state index in [-0.39, 0.29) is 16.4 Å². The Hall–Kier alpha value is -1.30. The summed E-state index contributed by atoms with van der Waals surface area (Å²) in [5.41, 5.74) is -0.129. The quantitative estimate of drug-likeness (QED) is 0.563. The number of carbonyl (C=O) groups excluding carboxylic acids is 1. The van der Waals surface area contributed by atoms with Gasteiger partial charge in [0.05, 0.1) is 17.2 Å². The van der Waals surface area contributed by atoms with E-state index in [1.807, 2.05) is 0 Å². The topological polar surface area (TPSA) is 50.1 Å². The molecule has 0 bridgehead atoms. The molecule has 3 unspecified atom stereocenters. The first-order valence-corrected chi connectivity index (χ1v) is 11.1. The Morgan fingerprint density at radius 1 is 1.00 bits per heavy atom. The predicted molar refractivity (Wildman–Crippen MR) is 103 cm³/mol. The van der Waals surface area contributed by atoms with Crippen LogP contribution in [0.5, 0.6) is 0 Å². The van der Waals surface area contributed by atoms with Gasteiger partial charge in [0.25, 0.3) is 0 Å². The van der Waals surface area contributed by atoms with Gasteiger partial charge in [0, 0.05) is 24.7 Å². The van der Waals surface area contributed by atoms with Crippen LogP contribution in [0.3, 0.4) is 0 Å². The second kappa shape index (κ2) is 5.40. The first kappa shape index (κ1) is 17.8. The second-order valence-corrected chi connectivity index (χ2v) is 10.9. The van der Waals surface area contributed by atoms with Crippen molar-refractivity contribution in [3.8, 4) is 6.07 Å². The highest BCUT2D eigenvalue weighted by Crippen LogP contribution is 2.72. The highest BCUT2D eigenvalue weighted by molar-refractivity contribution is 5.81. The van der Waals surface area contributed by atoms with Gasteiger partial charge in [-0.05, 0) is 74.5 Å². The van der Waals surface area contributed by atoms with Crippen molar-refractivity contribution in [1.29, 1.82) is 5.26 Å². The van der Waals surface area contributed by atoms with Gasteiger partial charge in [-0.2, -0.15) is 5.26 Å². The van der Waals surface area contributed by atoms with Crippen molar-refractivity contribution < 1.29 is 9.53 Å². The minimum Gasteiger partial charge on any atom is -0.492 e. The molecule has 0 amide bonds. The molecule has 146 valence electrons. The first-order chi connectivity index (χ1) is 12.8. The van der Waals surface area contributed by atoms with Gasteiger partial charge in [0.15, 0.2) is 0 Å². The average Bonchev–Trinajstić information content (AvgIpc) is 3.16. The van der Waals surface area contributed by atoms with Crippen LogP contribution in [0.4, 0.5) is 0 Å². The highest BCUT2D eigenvalue weighted by atomic mass is 16.5. The van der Waals surface area contributed by atoms with Gasteiger partial charge < -0.3 is 4.74 Å². The van der Waals surface area contributed by atoms with E-state index in [9.17, 15) is 10.1 Å². The zero-order valence-corrected chi connectivity index (χ0v) is 17.0. The molecule has 0 aromatic carbocycles. The summed E-state index contributed by atoms with van der Waals surface area (Å²) in [6.07, 6.45) is 11.1. The Morgan fingerprint density at radius 2 is 1.74 bits per heavy atom. The van der Waals surface area contributed by atoms with E-state index in [1.165, 1.54) is 25.7 Å². The monoisotopic (exact) mass is 367 g/mol. The lowest BCUT2D eigenvalue weighted by Gasteiger charge is -2.63. The SMILES string of the molecule is C=C1CC[C@@]2(CCC3C4CC[C@]5(C#N)CC(=O)CC[C@]5(C)C4CC[C@@]32C)O1. The number of ether oxygens (including phenoxy) is 1. The average molecular weight is 368 g/mol. The Labute approximate surface area is 163 Å². The lowest BCUT2D eigenvalue weighted by molar-refractivity contribution is -0.168. The molecule has 4 saturated carbocycles. The van der Waals surface area contributed by atoms with Crippen molar-refractivity contribution in [3.05, 3.63) is 12.3 Å². The summed E-state index contributed by atoms with van der Waals surface area (Å²) >= 11 is 0. The van der Waals surface area contributed by atoms with Crippen LogP contribution < -0.4 is 0 Å². The number of allylic oxidation sites excluding steroid dienone is 1. The van der Waals surface area contributed by atoms with Crippen molar-refractivity contribution in [1.82, 2.24) is 0 Å². The molecule has 0 aromatic rings. The van der Waals surface area contributed by atoms with Gasteiger partial charge in [-0.15, -0.1) is 0 Å². The lowest BCUT2D eigenvalue weighted by atomic mass is 9.40. The summed E-state index contributed by atoms with van der Waals surface area (Å²) in [4.78, 5) is 12.2. The van der Waals surface area contributed by atoms with Crippen LogP contribution in [0, 0.1) is 45.3 Å². The summed E-state index contributed by atoms with van der Waals surface area (Å²) in [6, 6.07) is 2.69. The molecule has 4 aliphatic carbocycles. The number of hydrogen-bond donors (Lipinski definition) is 0. The zero-order valence-electron chi connectivity index (χ0n) is 17.0. The molecule has 0 N–H and O–H groups in total. The van der Waals surface area contributed by atoms with Crippen molar-refractivity contribution in [2.45, 2.75) is 90.1 Å². The van der Waals surface area contributed by atoms with Crippen molar-refractivity contribution in [2.24, 2.45) is 34.0 Å². The molecule has 5 rings (SSSR count). The molecule has 3 nitrogen and oxygen atoms in total. The third-order valence-corrected chi connectivity index (χ3v) is 10.3. The van der Waals surface area contributed by atoms with Gasteiger partial charge >= 0.3 is 0 Å². The fourth-order valence-corrected chi connectivity index (χ4v) is 8.69. The zero-order chi connectivity index (χ0) is 19.1. The molecule has 1 heterocycles. The Balaban J connectivity index is 1.50. The Bertz CT molecular complexity index is 752. The normalized spacial score (nSPS) is 54.0. The van der Waals surface area contributed by atoms with Gasteiger partial charge in [-0.3, -0.25) is 4.79 Å².